The Kier molecular flexibility index (Phi) is 2.92. The van der Waals surface area contributed by atoms with Crippen LogP contribution in [0.25, 0.3) is 0 Å². The van der Waals surface area contributed by atoms with E-state index < -0.39 is 11.4 Å². The molecule has 4 aliphatic carbocycles. The lowest BCUT2D eigenvalue weighted by Crippen LogP contribution is -2.58. The van der Waals surface area contributed by atoms with Crippen LogP contribution in [-0.2, 0) is 9.59 Å². The van der Waals surface area contributed by atoms with E-state index in [-0.39, 0.29) is 16.7 Å². The number of rotatable bonds is 1. The number of fused-ring (bicyclic) bond motifs is 3. The van der Waals surface area contributed by atoms with Crippen molar-refractivity contribution in [3.63, 3.8) is 0 Å². The molecule has 4 saturated carbocycles. The van der Waals surface area contributed by atoms with E-state index in [1.165, 1.54) is 0 Å². The van der Waals surface area contributed by atoms with Crippen LogP contribution in [0.3, 0.4) is 0 Å². The summed E-state index contributed by atoms with van der Waals surface area (Å²) >= 11 is 0. The van der Waals surface area contributed by atoms with E-state index in [0.717, 1.165) is 57.8 Å². The third-order valence-corrected chi connectivity index (χ3v) is 8.37. The molecule has 3 heteroatoms. The Morgan fingerprint density at radius 1 is 1.09 bits per heavy atom. The van der Waals surface area contributed by atoms with E-state index in [4.69, 9.17) is 0 Å². The second-order valence-electron chi connectivity index (χ2n) is 9.21. The van der Waals surface area contributed by atoms with Crippen LogP contribution in [-0.4, -0.2) is 16.9 Å². The summed E-state index contributed by atoms with van der Waals surface area (Å²) in [4.78, 5) is 24.3. The summed E-state index contributed by atoms with van der Waals surface area (Å²) in [7, 11) is 0. The molecular weight excluding hydrogens is 276 g/mol. The zero-order valence-corrected chi connectivity index (χ0v) is 13.9. The molecule has 6 atom stereocenters. The molecule has 1 spiro atoms. The van der Waals surface area contributed by atoms with E-state index in [0.29, 0.717) is 17.6 Å². The van der Waals surface area contributed by atoms with Gasteiger partial charge in [0.05, 0.1) is 5.41 Å². The lowest BCUT2D eigenvalue weighted by atomic mass is 9.41. The number of carboxylic acid groups (broad SMARTS) is 1. The van der Waals surface area contributed by atoms with Gasteiger partial charge in [-0.1, -0.05) is 13.3 Å². The molecule has 2 bridgehead atoms. The number of Topliss-reactive ketones (excluding diaryl/α,β-unsaturated/α-hetero) is 1. The second-order valence-corrected chi connectivity index (χ2v) is 9.21. The van der Waals surface area contributed by atoms with E-state index in [9.17, 15) is 14.7 Å². The van der Waals surface area contributed by atoms with Crippen molar-refractivity contribution in [3.8, 4) is 0 Å². The standard InChI is InChI=1S/C19H28O3/c1-17-7-3-8-18(2,16(21)22)14(17)6-9-19-10-12(13(20)11-19)4-5-15(17)19/h12,14-15H,3-11H2,1-2H3,(H,21,22)/t12-,14+,15+,17+,18+,19+/m0/s1. The van der Waals surface area contributed by atoms with Gasteiger partial charge in [-0.25, -0.2) is 0 Å². The summed E-state index contributed by atoms with van der Waals surface area (Å²) in [5.74, 6) is 1.08. The number of carbonyl (C=O) groups excluding carboxylic acids is 1. The normalized spacial score (nSPS) is 53.7. The van der Waals surface area contributed by atoms with Crippen molar-refractivity contribution in [1.29, 1.82) is 0 Å². The van der Waals surface area contributed by atoms with Crippen LogP contribution in [0.1, 0.15) is 71.6 Å². The third-order valence-electron chi connectivity index (χ3n) is 8.37. The van der Waals surface area contributed by atoms with Gasteiger partial charge in [0.2, 0.25) is 0 Å². The second kappa shape index (κ2) is 4.36. The smallest absolute Gasteiger partial charge is 0.309 e. The molecule has 0 saturated heterocycles. The summed E-state index contributed by atoms with van der Waals surface area (Å²) in [6.07, 6.45) is 9.20. The van der Waals surface area contributed by atoms with Crippen molar-refractivity contribution < 1.29 is 14.7 Å². The van der Waals surface area contributed by atoms with Crippen molar-refractivity contribution in [2.75, 3.05) is 0 Å². The Balaban J connectivity index is 1.75. The van der Waals surface area contributed by atoms with Gasteiger partial charge in [0.15, 0.2) is 0 Å². The molecule has 0 aromatic carbocycles. The molecule has 4 rings (SSSR count). The fourth-order valence-electron chi connectivity index (χ4n) is 7.43. The van der Waals surface area contributed by atoms with Crippen LogP contribution in [0.2, 0.25) is 0 Å². The van der Waals surface area contributed by atoms with Crippen molar-refractivity contribution in [2.24, 2.45) is 34.0 Å². The maximum absolute atomic E-state index is 12.3. The highest BCUT2D eigenvalue weighted by atomic mass is 16.4. The van der Waals surface area contributed by atoms with Crippen molar-refractivity contribution in [2.45, 2.75) is 71.6 Å². The first kappa shape index (κ1) is 14.7. The van der Waals surface area contributed by atoms with Gasteiger partial charge in [-0.3, -0.25) is 9.59 Å². The monoisotopic (exact) mass is 304 g/mol. The highest BCUT2D eigenvalue weighted by Gasteiger charge is 2.65. The highest BCUT2D eigenvalue weighted by molar-refractivity contribution is 5.84. The zero-order valence-electron chi connectivity index (χ0n) is 13.9. The maximum atomic E-state index is 12.3. The molecule has 0 aliphatic heterocycles. The summed E-state index contributed by atoms with van der Waals surface area (Å²) in [5, 5.41) is 9.86. The molecule has 0 aromatic rings. The first-order chi connectivity index (χ1) is 10.3. The number of hydrogen-bond donors (Lipinski definition) is 1. The molecule has 0 heterocycles. The third kappa shape index (κ3) is 1.63. The minimum absolute atomic E-state index is 0.124. The van der Waals surface area contributed by atoms with Gasteiger partial charge in [-0.15, -0.1) is 0 Å². The number of hydrogen-bond acceptors (Lipinski definition) is 2. The van der Waals surface area contributed by atoms with E-state index in [1.54, 1.807) is 0 Å². The van der Waals surface area contributed by atoms with Crippen molar-refractivity contribution in [3.05, 3.63) is 0 Å². The molecule has 0 aromatic heterocycles. The minimum Gasteiger partial charge on any atom is -0.481 e. The van der Waals surface area contributed by atoms with Crippen LogP contribution in [0.15, 0.2) is 0 Å². The molecular formula is C19H28O3. The zero-order chi connectivity index (χ0) is 15.8. The molecule has 4 fully saturated rings. The van der Waals surface area contributed by atoms with Crippen molar-refractivity contribution in [1.82, 2.24) is 0 Å². The Hall–Kier alpha value is -0.860. The number of carbonyl (C=O) groups is 2. The molecule has 122 valence electrons. The summed E-state index contributed by atoms with van der Waals surface area (Å²) < 4.78 is 0. The van der Waals surface area contributed by atoms with Gasteiger partial charge in [0.25, 0.3) is 0 Å². The summed E-state index contributed by atoms with van der Waals surface area (Å²) in [6, 6.07) is 0. The molecule has 0 amide bonds. The van der Waals surface area contributed by atoms with Gasteiger partial charge in [0.1, 0.15) is 5.78 Å². The van der Waals surface area contributed by atoms with E-state index in [2.05, 4.69) is 6.92 Å². The van der Waals surface area contributed by atoms with Crippen LogP contribution < -0.4 is 0 Å². The fourth-order valence-corrected chi connectivity index (χ4v) is 7.43. The van der Waals surface area contributed by atoms with Gasteiger partial charge in [-0.2, -0.15) is 0 Å². The Morgan fingerprint density at radius 2 is 1.86 bits per heavy atom. The van der Waals surface area contributed by atoms with E-state index in [1.807, 2.05) is 6.92 Å². The lowest BCUT2D eigenvalue weighted by Gasteiger charge is -2.63. The largest absolute Gasteiger partial charge is 0.481 e. The first-order valence-corrected chi connectivity index (χ1v) is 9.08. The Labute approximate surface area is 132 Å². The topological polar surface area (TPSA) is 54.4 Å². The average molecular weight is 304 g/mol. The van der Waals surface area contributed by atoms with Crippen LogP contribution in [0.4, 0.5) is 0 Å². The number of carboxylic acids is 1. The molecule has 1 N–H and O–H groups in total. The maximum Gasteiger partial charge on any atom is 0.309 e. The first-order valence-electron chi connectivity index (χ1n) is 9.08. The molecule has 4 aliphatic rings. The number of ketones is 1. The SMILES string of the molecule is C[C@@]12CCC[C@@](C)(C(=O)O)[C@@H]1CC[C@@]13CC(=O)[C@@H](CC[C@@H]12)C3. The molecule has 3 nitrogen and oxygen atoms in total. The lowest BCUT2D eigenvalue weighted by molar-refractivity contribution is -0.181. The Morgan fingerprint density at radius 3 is 2.59 bits per heavy atom. The fraction of sp³-hybridized carbons (Fsp3) is 0.895. The van der Waals surface area contributed by atoms with Crippen molar-refractivity contribution >= 4 is 11.8 Å². The predicted octanol–water partition coefficient (Wildman–Crippen LogP) is 4.05. The number of aliphatic carboxylic acids is 1. The molecule has 0 unspecified atom stereocenters. The van der Waals surface area contributed by atoms with E-state index >= 15 is 0 Å². The van der Waals surface area contributed by atoms with Crippen LogP contribution in [0.5, 0.6) is 0 Å². The highest BCUT2D eigenvalue weighted by Crippen LogP contribution is 2.70. The predicted molar refractivity (Wildman–Crippen MR) is 83.3 cm³/mol. The summed E-state index contributed by atoms with van der Waals surface area (Å²) in [6.45, 7) is 4.35. The van der Waals surface area contributed by atoms with Gasteiger partial charge in [-0.05, 0) is 74.5 Å². The van der Waals surface area contributed by atoms with Gasteiger partial charge in [0, 0.05) is 12.3 Å². The van der Waals surface area contributed by atoms with Crippen LogP contribution in [0, 0.1) is 34.0 Å². The van der Waals surface area contributed by atoms with Gasteiger partial charge < -0.3 is 5.11 Å². The quantitative estimate of drug-likeness (QED) is 0.795. The molecule has 0 radical (unpaired) electrons. The average Bonchev–Trinajstić information content (AvgIpc) is 2.68. The summed E-state index contributed by atoms with van der Waals surface area (Å²) in [5.41, 5.74) is -0.213. The Bertz CT molecular complexity index is 541. The van der Waals surface area contributed by atoms with Crippen LogP contribution >= 0.6 is 0 Å². The van der Waals surface area contributed by atoms with Gasteiger partial charge >= 0.3 is 5.97 Å². The minimum atomic E-state index is -0.601. The molecule has 22 heavy (non-hydrogen) atoms.